The van der Waals surface area contributed by atoms with Crippen LogP contribution in [0.3, 0.4) is 0 Å². The van der Waals surface area contributed by atoms with Gasteiger partial charge in [0.1, 0.15) is 0 Å². The Morgan fingerprint density at radius 1 is 1.30 bits per heavy atom. The minimum absolute atomic E-state index is 0.0824. The highest BCUT2D eigenvalue weighted by molar-refractivity contribution is 5.79. The number of aliphatic imine (C=N–C) groups is 1. The van der Waals surface area contributed by atoms with Gasteiger partial charge in [-0.1, -0.05) is 12.1 Å². The number of non-ortho nitro benzene ring substituents is 1. The average Bonchev–Trinajstić information content (AvgIpc) is 2.95. The molecule has 2 aromatic rings. The van der Waals surface area contributed by atoms with E-state index in [0.717, 1.165) is 17.8 Å². The maximum Gasteiger partial charge on any atom is 0.269 e. The van der Waals surface area contributed by atoms with Crippen molar-refractivity contribution in [2.24, 2.45) is 12.0 Å². The second-order valence-corrected chi connectivity index (χ2v) is 4.92. The van der Waals surface area contributed by atoms with E-state index in [9.17, 15) is 10.1 Å². The number of guanidine groups is 1. The third-order valence-corrected chi connectivity index (χ3v) is 3.27. The summed E-state index contributed by atoms with van der Waals surface area (Å²) in [6.45, 7) is 3.80. The molecular formula is C15H20N6O2. The van der Waals surface area contributed by atoms with Gasteiger partial charge in [-0.2, -0.15) is 5.10 Å². The van der Waals surface area contributed by atoms with E-state index in [-0.39, 0.29) is 5.69 Å². The molecule has 0 unspecified atom stereocenters. The third kappa shape index (κ3) is 4.80. The first-order valence-corrected chi connectivity index (χ1v) is 7.32. The van der Waals surface area contributed by atoms with Crippen molar-refractivity contribution in [2.45, 2.75) is 20.0 Å². The van der Waals surface area contributed by atoms with Crippen molar-refractivity contribution < 1.29 is 4.92 Å². The number of aromatic nitrogens is 2. The fourth-order valence-corrected chi connectivity index (χ4v) is 1.98. The molecule has 0 fully saturated rings. The first-order valence-electron chi connectivity index (χ1n) is 7.32. The van der Waals surface area contributed by atoms with E-state index in [2.05, 4.69) is 20.7 Å². The monoisotopic (exact) mass is 316 g/mol. The summed E-state index contributed by atoms with van der Waals surface area (Å²) < 4.78 is 1.80. The van der Waals surface area contributed by atoms with Crippen LogP contribution in [-0.4, -0.2) is 27.2 Å². The van der Waals surface area contributed by atoms with Crippen molar-refractivity contribution in [1.82, 2.24) is 20.4 Å². The molecule has 0 aliphatic heterocycles. The number of hydrogen-bond acceptors (Lipinski definition) is 4. The van der Waals surface area contributed by atoms with E-state index < -0.39 is 4.92 Å². The topological polar surface area (TPSA) is 97.4 Å². The molecule has 0 saturated carbocycles. The lowest BCUT2D eigenvalue weighted by Gasteiger charge is -2.11. The molecule has 0 spiro atoms. The van der Waals surface area contributed by atoms with Crippen LogP contribution in [0.15, 0.2) is 41.5 Å². The van der Waals surface area contributed by atoms with Crippen LogP contribution in [0, 0.1) is 10.1 Å². The van der Waals surface area contributed by atoms with Gasteiger partial charge in [0, 0.05) is 31.9 Å². The summed E-state index contributed by atoms with van der Waals surface area (Å²) in [5.74, 6) is 0.687. The number of benzene rings is 1. The van der Waals surface area contributed by atoms with Crippen molar-refractivity contribution in [1.29, 1.82) is 0 Å². The molecule has 1 heterocycles. The number of nitro benzene ring substituents is 1. The zero-order valence-electron chi connectivity index (χ0n) is 13.2. The Hall–Kier alpha value is -2.90. The van der Waals surface area contributed by atoms with Gasteiger partial charge in [0.25, 0.3) is 5.69 Å². The summed E-state index contributed by atoms with van der Waals surface area (Å²) in [7, 11) is 1.89. The average molecular weight is 316 g/mol. The Labute approximate surface area is 134 Å². The van der Waals surface area contributed by atoms with Crippen LogP contribution < -0.4 is 10.6 Å². The van der Waals surface area contributed by atoms with Crippen LogP contribution >= 0.6 is 0 Å². The molecule has 8 heteroatoms. The second-order valence-electron chi connectivity index (χ2n) is 4.92. The second kappa shape index (κ2) is 7.92. The fourth-order valence-electron chi connectivity index (χ4n) is 1.98. The van der Waals surface area contributed by atoms with E-state index in [4.69, 9.17) is 0 Å². The molecule has 0 saturated heterocycles. The van der Waals surface area contributed by atoms with Crippen LogP contribution in [0.2, 0.25) is 0 Å². The molecule has 0 aliphatic carbocycles. The zero-order chi connectivity index (χ0) is 16.7. The summed E-state index contributed by atoms with van der Waals surface area (Å²) in [5, 5.41) is 21.2. The van der Waals surface area contributed by atoms with E-state index in [1.165, 1.54) is 12.1 Å². The minimum atomic E-state index is -0.410. The number of nitro groups is 1. The Morgan fingerprint density at radius 3 is 2.61 bits per heavy atom. The minimum Gasteiger partial charge on any atom is -0.357 e. The molecule has 0 atom stereocenters. The van der Waals surface area contributed by atoms with Crippen LogP contribution in [0.25, 0.3) is 0 Å². The van der Waals surface area contributed by atoms with Crippen molar-refractivity contribution in [3.63, 3.8) is 0 Å². The summed E-state index contributed by atoms with van der Waals surface area (Å²) in [6.07, 6.45) is 1.75. The first kappa shape index (κ1) is 16.5. The molecule has 122 valence electrons. The van der Waals surface area contributed by atoms with Gasteiger partial charge >= 0.3 is 0 Å². The largest absolute Gasteiger partial charge is 0.357 e. The lowest BCUT2D eigenvalue weighted by atomic mass is 10.2. The Bertz CT molecular complexity index is 678. The van der Waals surface area contributed by atoms with E-state index in [1.54, 1.807) is 23.0 Å². The molecule has 0 aliphatic rings. The van der Waals surface area contributed by atoms with Crippen molar-refractivity contribution in [3.05, 3.63) is 57.9 Å². The predicted octanol–water partition coefficient (Wildman–Crippen LogP) is 1.58. The van der Waals surface area contributed by atoms with Crippen LogP contribution in [0.1, 0.15) is 18.2 Å². The summed E-state index contributed by atoms with van der Waals surface area (Å²) in [6, 6.07) is 8.34. The first-order chi connectivity index (χ1) is 11.1. The van der Waals surface area contributed by atoms with Gasteiger partial charge in [0.05, 0.1) is 23.7 Å². The van der Waals surface area contributed by atoms with Gasteiger partial charge < -0.3 is 10.6 Å². The number of hydrogen-bond donors (Lipinski definition) is 2. The van der Waals surface area contributed by atoms with Crippen LogP contribution in [0.5, 0.6) is 0 Å². The molecule has 1 aromatic heterocycles. The van der Waals surface area contributed by atoms with Gasteiger partial charge in [-0.3, -0.25) is 14.8 Å². The molecular weight excluding hydrogens is 296 g/mol. The van der Waals surface area contributed by atoms with E-state index in [0.29, 0.717) is 19.0 Å². The molecule has 23 heavy (non-hydrogen) atoms. The molecule has 2 N–H and O–H groups in total. The van der Waals surface area contributed by atoms with Crippen molar-refractivity contribution in [2.75, 3.05) is 6.54 Å². The number of nitrogens with one attached hydrogen (secondary N) is 2. The van der Waals surface area contributed by atoms with E-state index >= 15 is 0 Å². The molecule has 8 nitrogen and oxygen atoms in total. The molecule has 0 bridgehead atoms. The zero-order valence-corrected chi connectivity index (χ0v) is 13.2. The number of aryl methyl sites for hydroxylation is 1. The lowest BCUT2D eigenvalue weighted by molar-refractivity contribution is -0.384. The highest BCUT2D eigenvalue weighted by Crippen LogP contribution is 2.12. The Balaban J connectivity index is 1.97. The fraction of sp³-hybridized carbons (Fsp3) is 0.333. The standard InChI is InChI=1S/C15H20N6O2/c1-3-16-15(18-11-14-8-9-19-20(14)2)17-10-12-4-6-13(7-5-12)21(22)23/h4-9H,3,10-11H2,1-2H3,(H2,16,17,18). The van der Waals surface area contributed by atoms with Crippen LogP contribution in [0.4, 0.5) is 5.69 Å². The maximum absolute atomic E-state index is 10.6. The smallest absolute Gasteiger partial charge is 0.269 e. The Kier molecular flexibility index (Phi) is 5.67. The summed E-state index contributed by atoms with van der Waals surface area (Å²) >= 11 is 0. The van der Waals surface area contributed by atoms with E-state index in [1.807, 2.05) is 20.0 Å². The van der Waals surface area contributed by atoms with Crippen molar-refractivity contribution in [3.8, 4) is 0 Å². The van der Waals surface area contributed by atoms with Crippen LogP contribution in [-0.2, 0) is 20.1 Å². The lowest BCUT2D eigenvalue weighted by Crippen LogP contribution is -2.37. The number of nitrogens with zero attached hydrogens (tertiary/aromatic N) is 4. The maximum atomic E-state index is 10.6. The highest BCUT2D eigenvalue weighted by Gasteiger charge is 2.04. The van der Waals surface area contributed by atoms with Crippen molar-refractivity contribution >= 4 is 11.6 Å². The third-order valence-electron chi connectivity index (χ3n) is 3.27. The Morgan fingerprint density at radius 2 is 2.04 bits per heavy atom. The SMILES string of the molecule is CCNC(=NCc1ccc([N+](=O)[O-])cc1)NCc1ccnn1C. The van der Waals surface area contributed by atoms with Gasteiger partial charge in [0.2, 0.25) is 0 Å². The van der Waals surface area contributed by atoms with Gasteiger partial charge in [0.15, 0.2) is 5.96 Å². The summed E-state index contributed by atoms with van der Waals surface area (Å²) in [5.41, 5.74) is 2.04. The normalized spacial score (nSPS) is 11.3. The van der Waals surface area contributed by atoms with Gasteiger partial charge in [-0.15, -0.1) is 0 Å². The van der Waals surface area contributed by atoms with Gasteiger partial charge in [-0.05, 0) is 18.6 Å². The van der Waals surface area contributed by atoms with Gasteiger partial charge in [-0.25, -0.2) is 4.99 Å². The molecule has 0 radical (unpaired) electrons. The molecule has 2 rings (SSSR count). The highest BCUT2D eigenvalue weighted by atomic mass is 16.6. The predicted molar refractivity (Wildman–Crippen MR) is 88.0 cm³/mol. The molecule has 0 amide bonds. The summed E-state index contributed by atoms with van der Waals surface area (Å²) in [4.78, 5) is 14.7. The number of rotatable bonds is 6. The quantitative estimate of drug-likeness (QED) is 0.365. The molecule has 1 aromatic carbocycles.